The van der Waals surface area contributed by atoms with Crippen LogP contribution in [0.25, 0.3) is 0 Å². The molecule has 17 heavy (non-hydrogen) atoms. The summed E-state index contributed by atoms with van der Waals surface area (Å²) >= 11 is 1.35. The molecule has 6 heteroatoms. The van der Waals surface area contributed by atoms with E-state index in [4.69, 9.17) is 4.74 Å². The fraction of sp³-hybridized carbons (Fsp3) is 0.455. The fourth-order valence-corrected chi connectivity index (χ4v) is 2.16. The van der Waals surface area contributed by atoms with E-state index in [1.807, 2.05) is 5.38 Å². The lowest BCUT2D eigenvalue weighted by molar-refractivity contribution is -0.155. The summed E-state index contributed by atoms with van der Waals surface area (Å²) in [7, 11) is 0. The van der Waals surface area contributed by atoms with Crippen molar-refractivity contribution in [1.82, 2.24) is 5.32 Å². The Morgan fingerprint density at radius 3 is 2.76 bits per heavy atom. The van der Waals surface area contributed by atoms with Crippen LogP contribution < -0.4 is 5.32 Å². The molecule has 94 valence electrons. The van der Waals surface area contributed by atoms with Crippen LogP contribution >= 0.6 is 11.3 Å². The molecule has 1 amide bonds. The highest BCUT2D eigenvalue weighted by atomic mass is 32.1. The van der Waals surface area contributed by atoms with E-state index < -0.39 is 18.1 Å². The molecule has 5 nitrogen and oxygen atoms in total. The van der Waals surface area contributed by atoms with Crippen LogP contribution in [0.15, 0.2) is 17.5 Å². The number of rotatable bonds is 5. The number of nitrogens with one attached hydrogen (secondary N) is 1. The van der Waals surface area contributed by atoms with E-state index in [-0.39, 0.29) is 12.5 Å². The Kier molecular flexibility index (Phi) is 5.11. The zero-order chi connectivity index (χ0) is 12.8. The molecule has 0 aliphatic rings. The molecule has 1 heterocycles. The van der Waals surface area contributed by atoms with Gasteiger partial charge in [-0.25, -0.2) is 4.79 Å². The number of hydrogen-bond donors (Lipinski definition) is 2. The van der Waals surface area contributed by atoms with Crippen molar-refractivity contribution in [2.75, 3.05) is 6.61 Å². The molecule has 0 unspecified atom stereocenters. The molecule has 0 saturated heterocycles. The molecule has 0 aliphatic heterocycles. The van der Waals surface area contributed by atoms with Crippen molar-refractivity contribution in [2.45, 2.75) is 26.0 Å². The molecule has 0 radical (unpaired) electrons. The average Bonchev–Trinajstić information content (AvgIpc) is 2.78. The molecule has 2 N–H and O–H groups in total. The lowest BCUT2D eigenvalue weighted by atomic mass is 10.1. The predicted octanol–water partition coefficient (Wildman–Crippen LogP) is 0.849. The third-order valence-electron chi connectivity index (χ3n) is 2.05. The molecule has 1 rings (SSSR count). The summed E-state index contributed by atoms with van der Waals surface area (Å²) in [6.07, 6.45) is -1.39. The van der Waals surface area contributed by atoms with E-state index in [1.54, 1.807) is 19.1 Å². The lowest BCUT2D eigenvalue weighted by Gasteiger charge is -2.21. The maximum absolute atomic E-state index is 11.4. The minimum atomic E-state index is -1.39. The van der Waals surface area contributed by atoms with Crippen LogP contribution in [-0.4, -0.2) is 29.7 Å². The maximum atomic E-state index is 11.4. The number of ether oxygens (including phenoxy) is 1. The SMILES string of the molecule is CCOC(=O)[C@H](O)[C@@H](NC(C)=O)c1cccs1. The number of aliphatic hydroxyl groups excluding tert-OH is 1. The van der Waals surface area contributed by atoms with E-state index in [1.165, 1.54) is 18.3 Å². The standard InChI is InChI=1S/C11H15NO4S/c1-3-16-11(15)10(14)9(12-7(2)13)8-5-4-6-17-8/h4-6,9-10,14H,3H2,1-2H3,(H,12,13)/t9-,10+/m0/s1. The minimum Gasteiger partial charge on any atom is -0.464 e. The van der Waals surface area contributed by atoms with E-state index >= 15 is 0 Å². The van der Waals surface area contributed by atoms with Crippen molar-refractivity contribution in [2.24, 2.45) is 0 Å². The van der Waals surface area contributed by atoms with E-state index in [0.29, 0.717) is 4.88 Å². The molecule has 0 bridgehead atoms. The van der Waals surface area contributed by atoms with Gasteiger partial charge in [-0.15, -0.1) is 11.3 Å². The molecule has 0 aliphatic carbocycles. The van der Waals surface area contributed by atoms with E-state index in [2.05, 4.69) is 5.32 Å². The Hall–Kier alpha value is -1.40. The molecule has 1 aromatic heterocycles. The van der Waals surface area contributed by atoms with Gasteiger partial charge in [-0.3, -0.25) is 4.79 Å². The highest BCUT2D eigenvalue weighted by molar-refractivity contribution is 7.10. The van der Waals surface area contributed by atoms with Crippen molar-refractivity contribution < 1.29 is 19.4 Å². The van der Waals surface area contributed by atoms with Gasteiger partial charge in [-0.05, 0) is 18.4 Å². The second-order valence-electron chi connectivity index (χ2n) is 3.39. The van der Waals surface area contributed by atoms with Gasteiger partial charge in [0, 0.05) is 11.8 Å². The molecule has 0 spiro atoms. The minimum absolute atomic E-state index is 0.188. The highest BCUT2D eigenvalue weighted by Gasteiger charge is 2.30. The van der Waals surface area contributed by atoms with Crippen LogP contribution in [0.4, 0.5) is 0 Å². The normalized spacial score (nSPS) is 13.8. The first-order valence-electron chi connectivity index (χ1n) is 5.21. The van der Waals surface area contributed by atoms with Crippen LogP contribution in [-0.2, 0) is 14.3 Å². The van der Waals surface area contributed by atoms with Crippen LogP contribution in [0.3, 0.4) is 0 Å². The van der Waals surface area contributed by atoms with Gasteiger partial charge in [-0.1, -0.05) is 6.07 Å². The zero-order valence-electron chi connectivity index (χ0n) is 9.67. The third-order valence-corrected chi connectivity index (χ3v) is 3.01. The number of esters is 1. The van der Waals surface area contributed by atoms with Crippen molar-refractivity contribution in [1.29, 1.82) is 0 Å². The van der Waals surface area contributed by atoms with Crippen LogP contribution in [0.5, 0.6) is 0 Å². The number of aliphatic hydroxyl groups is 1. The number of hydrogen-bond acceptors (Lipinski definition) is 5. The largest absolute Gasteiger partial charge is 0.464 e. The van der Waals surface area contributed by atoms with Crippen LogP contribution in [0.1, 0.15) is 24.8 Å². The summed E-state index contributed by atoms with van der Waals surface area (Å²) in [6.45, 7) is 3.18. The number of thiophene rings is 1. The summed E-state index contributed by atoms with van der Waals surface area (Å²) in [5.74, 6) is -1.05. The lowest BCUT2D eigenvalue weighted by Crippen LogP contribution is -2.39. The average molecular weight is 257 g/mol. The topological polar surface area (TPSA) is 75.6 Å². The molecular formula is C11H15NO4S. The Labute approximate surface area is 103 Å². The van der Waals surface area contributed by atoms with Gasteiger partial charge in [0.25, 0.3) is 0 Å². The van der Waals surface area contributed by atoms with Crippen molar-refractivity contribution >= 4 is 23.2 Å². The van der Waals surface area contributed by atoms with Gasteiger partial charge >= 0.3 is 5.97 Å². The number of carbonyl (C=O) groups is 2. The molecule has 0 aromatic carbocycles. The summed E-state index contributed by atoms with van der Waals surface area (Å²) in [5.41, 5.74) is 0. The van der Waals surface area contributed by atoms with Gasteiger partial charge in [0.05, 0.1) is 6.61 Å². The fourth-order valence-electron chi connectivity index (χ4n) is 1.36. The monoisotopic (exact) mass is 257 g/mol. The maximum Gasteiger partial charge on any atom is 0.337 e. The van der Waals surface area contributed by atoms with Crippen LogP contribution in [0.2, 0.25) is 0 Å². The first-order valence-corrected chi connectivity index (χ1v) is 6.09. The molecular weight excluding hydrogens is 242 g/mol. The highest BCUT2D eigenvalue weighted by Crippen LogP contribution is 2.22. The second kappa shape index (κ2) is 6.36. The second-order valence-corrected chi connectivity index (χ2v) is 4.37. The molecule has 0 saturated carbocycles. The van der Waals surface area contributed by atoms with Crippen LogP contribution in [0, 0.1) is 0 Å². The van der Waals surface area contributed by atoms with Gasteiger partial charge in [-0.2, -0.15) is 0 Å². The Bertz CT molecular complexity index is 377. The summed E-state index contributed by atoms with van der Waals surface area (Å²) in [5, 5.41) is 14.2. The third kappa shape index (κ3) is 3.83. The molecule has 0 fully saturated rings. The van der Waals surface area contributed by atoms with E-state index in [9.17, 15) is 14.7 Å². The van der Waals surface area contributed by atoms with Gasteiger partial charge in [0.2, 0.25) is 5.91 Å². The van der Waals surface area contributed by atoms with Crippen molar-refractivity contribution in [3.05, 3.63) is 22.4 Å². The van der Waals surface area contributed by atoms with Crippen molar-refractivity contribution in [3.63, 3.8) is 0 Å². The zero-order valence-corrected chi connectivity index (χ0v) is 10.5. The van der Waals surface area contributed by atoms with Gasteiger partial charge in [0.1, 0.15) is 6.04 Å². The first kappa shape index (κ1) is 13.7. The summed E-state index contributed by atoms with van der Waals surface area (Å²) < 4.78 is 4.73. The van der Waals surface area contributed by atoms with Crippen molar-refractivity contribution in [3.8, 4) is 0 Å². The summed E-state index contributed by atoms with van der Waals surface area (Å²) in [6, 6.07) is 2.77. The summed E-state index contributed by atoms with van der Waals surface area (Å²) in [4.78, 5) is 23.2. The molecule has 1 aromatic rings. The predicted molar refractivity (Wildman–Crippen MR) is 63.5 cm³/mol. The Balaban J connectivity index is 2.83. The Morgan fingerprint density at radius 1 is 1.59 bits per heavy atom. The van der Waals surface area contributed by atoms with E-state index in [0.717, 1.165) is 0 Å². The number of carbonyl (C=O) groups excluding carboxylic acids is 2. The Morgan fingerprint density at radius 2 is 2.29 bits per heavy atom. The van der Waals surface area contributed by atoms with Gasteiger partial charge in [0.15, 0.2) is 6.10 Å². The smallest absolute Gasteiger partial charge is 0.337 e. The quantitative estimate of drug-likeness (QED) is 0.767. The number of amides is 1. The molecule has 2 atom stereocenters. The van der Waals surface area contributed by atoms with Gasteiger partial charge < -0.3 is 15.2 Å². The first-order chi connectivity index (χ1) is 8.06.